The Bertz CT molecular complexity index is 2200. The topological polar surface area (TPSA) is 144 Å². The number of carbonyl (C=O) groups is 2. The second-order valence-electron chi connectivity index (χ2n) is 13.8. The minimum Gasteiger partial charge on any atom is -0.420 e. The first-order valence-electron chi connectivity index (χ1n) is 18.9. The monoisotopic (exact) mass is 823 g/mol. The molecule has 13 heteroatoms. The Labute approximate surface area is 349 Å². The van der Waals surface area contributed by atoms with Crippen LogP contribution >= 0.6 is 23.2 Å². The van der Waals surface area contributed by atoms with Gasteiger partial charge in [-0.1, -0.05) is 96.0 Å². The summed E-state index contributed by atoms with van der Waals surface area (Å²) in [6, 6.07) is 25.1. The zero-order chi connectivity index (χ0) is 42.2. The van der Waals surface area contributed by atoms with E-state index in [1.807, 2.05) is 49.4 Å². The number of hydrogen-bond acceptors (Lipinski definition) is 8. The van der Waals surface area contributed by atoms with Crippen LogP contribution in [0, 0.1) is 32.9 Å². The van der Waals surface area contributed by atoms with Crippen molar-refractivity contribution in [3.8, 4) is 11.5 Å². The first-order valence-corrected chi connectivity index (χ1v) is 19.6. The van der Waals surface area contributed by atoms with E-state index in [0.29, 0.717) is 50.7 Å². The zero-order valence-corrected chi connectivity index (χ0v) is 34.4. The second kappa shape index (κ2) is 22.5. The molecule has 1 amide bonds. The van der Waals surface area contributed by atoms with Gasteiger partial charge in [-0.15, -0.1) is 10.2 Å². The van der Waals surface area contributed by atoms with Crippen LogP contribution in [-0.2, 0) is 22.4 Å². The molecule has 1 aliphatic rings. The van der Waals surface area contributed by atoms with Crippen molar-refractivity contribution >= 4 is 46.3 Å². The number of nitrogens with one attached hydrogen (secondary N) is 1. The van der Waals surface area contributed by atoms with Gasteiger partial charge < -0.3 is 24.7 Å². The summed E-state index contributed by atoms with van der Waals surface area (Å²) in [5.41, 5.74) is 5.38. The molecular weight excluding hydrogens is 777 g/mol. The van der Waals surface area contributed by atoms with E-state index in [9.17, 15) is 19.8 Å². The van der Waals surface area contributed by atoms with Gasteiger partial charge in [0.25, 0.3) is 0 Å². The van der Waals surface area contributed by atoms with E-state index in [1.54, 1.807) is 56.3 Å². The summed E-state index contributed by atoms with van der Waals surface area (Å²) in [4.78, 5) is 31.4. The Hall–Kier alpha value is -5.40. The molecule has 1 aromatic heterocycles. The van der Waals surface area contributed by atoms with Gasteiger partial charge in [-0.2, -0.15) is 0 Å². The normalized spacial score (nSPS) is 13.9. The lowest BCUT2D eigenvalue weighted by atomic mass is 9.91. The van der Waals surface area contributed by atoms with Crippen molar-refractivity contribution in [2.24, 2.45) is 5.92 Å². The van der Waals surface area contributed by atoms with E-state index in [4.69, 9.17) is 45.5 Å². The highest BCUT2D eigenvalue weighted by Crippen LogP contribution is 2.35. The van der Waals surface area contributed by atoms with Crippen LogP contribution < -0.4 is 5.32 Å². The lowest BCUT2D eigenvalue weighted by Crippen LogP contribution is -2.40. The Morgan fingerprint density at radius 1 is 0.776 bits per heavy atom. The quantitative estimate of drug-likeness (QED) is 0.0834. The number of aliphatic hydroxyl groups is 2. The lowest BCUT2D eigenvalue weighted by Gasteiger charge is -2.21. The summed E-state index contributed by atoms with van der Waals surface area (Å²) in [6.45, 7) is 23.0. The summed E-state index contributed by atoms with van der Waals surface area (Å²) in [5, 5.41) is 32.0. The predicted octanol–water partition coefficient (Wildman–Crippen LogP) is 9.49. The number of halogens is 2. The van der Waals surface area contributed by atoms with E-state index in [2.05, 4.69) is 25.2 Å². The lowest BCUT2D eigenvalue weighted by molar-refractivity contribution is -0.127. The molecule has 0 unspecified atom stereocenters. The van der Waals surface area contributed by atoms with Crippen LogP contribution in [0.2, 0.25) is 10.0 Å². The molecule has 1 saturated heterocycles. The highest BCUT2D eigenvalue weighted by molar-refractivity contribution is 6.34. The molecule has 11 nitrogen and oxygen atoms in total. The van der Waals surface area contributed by atoms with Crippen molar-refractivity contribution < 1.29 is 29.0 Å². The Balaban J connectivity index is 0.000000228. The summed E-state index contributed by atoms with van der Waals surface area (Å²) in [6.07, 6.45) is 1.71. The molecule has 0 spiro atoms. The van der Waals surface area contributed by atoms with Crippen molar-refractivity contribution in [3.63, 3.8) is 0 Å². The van der Waals surface area contributed by atoms with Crippen molar-refractivity contribution in [1.82, 2.24) is 15.5 Å². The van der Waals surface area contributed by atoms with E-state index in [0.717, 1.165) is 35.5 Å². The van der Waals surface area contributed by atoms with Gasteiger partial charge in [-0.3, -0.25) is 9.59 Å². The molecule has 0 saturated carbocycles. The molecule has 1 fully saturated rings. The number of rotatable bonds is 12. The molecule has 3 N–H and O–H groups in total. The maximum Gasteiger partial charge on any atom is 0.247 e. The van der Waals surface area contributed by atoms with Gasteiger partial charge in [0.2, 0.25) is 29.1 Å². The molecule has 0 radical (unpaired) electrons. The molecular formula is C45H47Cl2N5O6. The molecule has 58 heavy (non-hydrogen) atoms. The summed E-state index contributed by atoms with van der Waals surface area (Å²) < 4.78 is 10.8. The number of ether oxygens (including phenoxy) is 1. The SMILES string of the molecule is C1CCOC1.[C-]#[N+]c1ccc(C[C@@H](C(=O)NCC(=O)c2ccccc2)[C@H](C)O)c(C)c1Cl.[C-]#[N+]c1ccc(C[C@@H](c2nnc(-c3ccccc3)o2)[C@H](C)O)c(C)c1Cl. The van der Waals surface area contributed by atoms with Crippen LogP contribution in [0.5, 0.6) is 0 Å². The Morgan fingerprint density at radius 3 is 1.79 bits per heavy atom. The highest BCUT2D eigenvalue weighted by atomic mass is 35.5. The summed E-state index contributed by atoms with van der Waals surface area (Å²) >= 11 is 12.5. The van der Waals surface area contributed by atoms with E-state index in [1.165, 1.54) is 19.8 Å². The number of Topliss-reactive ketones (excluding diaryl/α,β-unsaturated/α-hetero) is 1. The molecule has 0 aliphatic carbocycles. The zero-order valence-electron chi connectivity index (χ0n) is 32.9. The molecule has 6 rings (SSSR count). The molecule has 2 heterocycles. The molecule has 4 atom stereocenters. The molecule has 1 aliphatic heterocycles. The van der Waals surface area contributed by atoms with Crippen molar-refractivity contribution in [2.45, 2.75) is 71.5 Å². The van der Waals surface area contributed by atoms with E-state index < -0.39 is 24.0 Å². The Kier molecular flexibility index (Phi) is 17.6. The first-order chi connectivity index (χ1) is 27.9. The third-order valence-electron chi connectivity index (χ3n) is 9.70. The fourth-order valence-corrected chi connectivity index (χ4v) is 6.53. The highest BCUT2D eigenvalue weighted by Gasteiger charge is 2.27. The van der Waals surface area contributed by atoms with Crippen LogP contribution in [0.4, 0.5) is 11.4 Å². The number of aromatic nitrogens is 2. The average Bonchev–Trinajstić information content (AvgIpc) is 3.99. The molecule has 4 aromatic carbocycles. The summed E-state index contributed by atoms with van der Waals surface area (Å²) in [5.74, 6) is -0.906. The smallest absolute Gasteiger partial charge is 0.247 e. The van der Waals surface area contributed by atoms with E-state index in [-0.39, 0.29) is 24.7 Å². The van der Waals surface area contributed by atoms with Gasteiger partial charge >= 0.3 is 0 Å². The second-order valence-corrected chi connectivity index (χ2v) is 14.6. The minimum absolute atomic E-state index is 0.136. The number of nitrogens with zero attached hydrogens (tertiary/aromatic N) is 4. The summed E-state index contributed by atoms with van der Waals surface area (Å²) in [7, 11) is 0. The van der Waals surface area contributed by atoms with Crippen LogP contribution in [0.25, 0.3) is 21.1 Å². The van der Waals surface area contributed by atoms with Crippen molar-refractivity contribution in [1.29, 1.82) is 0 Å². The van der Waals surface area contributed by atoms with Gasteiger partial charge in [0, 0.05) is 24.3 Å². The number of benzene rings is 4. The predicted molar refractivity (Wildman–Crippen MR) is 225 cm³/mol. The third-order valence-corrected chi connectivity index (χ3v) is 10.7. The Morgan fingerprint density at radius 2 is 1.31 bits per heavy atom. The fraction of sp³-hybridized carbons (Fsp3) is 0.333. The molecule has 302 valence electrons. The molecule has 0 bridgehead atoms. The number of ketones is 1. The van der Waals surface area contributed by atoms with Crippen LogP contribution in [0.1, 0.15) is 71.1 Å². The van der Waals surface area contributed by atoms with Crippen LogP contribution in [0.3, 0.4) is 0 Å². The van der Waals surface area contributed by atoms with Crippen molar-refractivity contribution in [3.05, 3.63) is 152 Å². The standard InChI is InChI=1S/C21H21ClN2O3.C20H18ClN3O2.C4H8O/c1-13-16(9-10-18(23-3)20(13)22)11-17(14(2)25)21(27)24-12-19(26)15-7-5-4-6-8-15;1-12-15(9-10-17(22-3)18(12)21)11-16(13(2)25)20-24-23-19(26-20)14-7-5-4-6-8-14;1-2-4-5-3-1/h4-10,14,17,25H,11-12H2,1-2H3,(H,24,27);4-10,13,16,25H,11H2,1-2H3;1-4H2/t14-,17+;13-,16+;/m00./s1. The number of hydrogen-bond donors (Lipinski definition) is 3. The van der Waals surface area contributed by atoms with Gasteiger partial charge in [0.15, 0.2) is 5.78 Å². The van der Waals surface area contributed by atoms with Crippen LogP contribution in [-0.4, -0.2) is 64.1 Å². The van der Waals surface area contributed by atoms with Gasteiger partial charge in [-0.25, -0.2) is 9.69 Å². The largest absolute Gasteiger partial charge is 0.420 e. The maximum absolute atomic E-state index is 12.5. The van der Waals surface area contributed by atoms with Gasteiger partial charge in [-0.05, 0) is 87.8 Å². The van der Waals surface area contributed by atoms with Gasteiger partial charge in [0.05, 0.1) is 53.8 Å². The maximum atomic E-state index is 12.5. The van der Waals surface area contributed by atoms with Crippen molar-refractivity contribution in [2.75, 3.05) is 19.8 Å². The first kappa shape index (κ1) is 45.3. The number of carbonyl (C=O) groups excluding carboxylic acids is 2. The third kappa shape index (κ3) is 12.5. The number of aliphatic hydroxyl groups excluding tert-OH is 2. The molecule has 5 aromatic rings. The fourth-order valence-electron chi connectivity index (χ4n) is 6.07. The van der Waals surface area contributed by atoms with E-state index >= 15 is 0 Å². The number of amides is 1. The van der Waals surface area contributed by atoms with Gasteiger partial charge in [0.1, 0.15) is 0 Å². The van der Waals surface area contributed by atoms with Crippen LogP contribution in [0.15, 0.2) is 89.3 Å². The minimum atomic E-state index is -0.907. The average molecular weight is 825 g/mol.